The minimum absolute atomic E-state index is 0.288. The first-order valence-corrected chi connectivity index (χ1v) is 6.14. The van der Waals surface area contributed by atoms with E-state index in [-0.39, 0.29) is 11.4 Å². The molecule has 0 heterocycles. The highest BCUT2D eigenvalue weighted by Crippen LogP contribution is 2.28. The van der Waals surface area contributed by atoms with Gasteiger partial charge in [-0.2, -0.15) is 0 Å². The molecule has 2 nitrogen and oxygen atoms in total. The summed E-state index contributed by atoms with van der Waals surface area (Å²) in [5.74, 6) is 4.68. The molecule has 0 spiro atoms. The van der Waals surface area contributed by atoms with Gasteiger partial charge in [0.05, 0.1) is 6.04 Å². The highest BCUT2D eigenvalue weighted by molar-refractivity contribution is 6.31. The van der Waals surface area contributed by atoms with Gasteiger partial charge in [0.1, 0.15) is 11.6 Å². The summed E-state index contributed by atoms with van der Waals surface area (Å²) in [6.45, 7) is 0. The Kier molecular flexibility index (Phi) is 4.47. The summed E-state index contributed by atoms with van der Waals surface area (Å²) < 4.78 is 26.9. The van der Waals surface area contributed by atoms with Crippen molar-refractivity contribution in [3.63, 3.8) is 0 Å². The van der Waals surface area contributed by atoms with Crippen LogP contribution in [0.1, 0.15) is 17.2 Å². The first-order chi connectivity index (χ1) is 9.11. The zero-order chi connectivity index (χ0) is 13.8. The van der Waals surface area contributed by atoms with Gasteiger partial charge in [-0.15, -0.1) is 0 Å². The van der Waals surface area contributed by atoms with Crippen molar-refractivity contribution < 1.29 is 8.78 Å². The van der Waals surface area contributed by atoms with Crippen LogP contribution in [0.5, 0.6) is 0 Å². The molecule has 100 valence electrons. The lowest BCUT2D eigenvalue weighted by atomic mass is 9.99. The van der Waals surface area contributed by atoms with E-state index in [4.69, 9.17) is 17.4 Å². The van der Waals surface area contributed by atoms with Crippen LogP contribution >= 0.6 is 11.6 Å². The van der Waals surface area contributed by atoms with Crippen molar-refractivity contribution in [2.24, 2.45) is 5.84 Å². The van der Waals surface area contributed by atoms with Crippen LogP contribution in [0, 0.1) is 11.6 Å². The molecule has 0 fully saturated rings. The Morgan fingerprint density at radius 2 is 1.89 bits per heavy atom. The number of halogens is 3. The van der Waals surface area contributed by atoms with E-state index >= 15 is 0 Å². The fourth-order valence-corrected chi connectivity index (χ4v) is 2.28. The highest BCUT2D eigenvalue weighted by atomic mass is 35.5. The molecule has 2 rings (SSSR count). The number of hydrogen-bond donors (Lipinski definition) is 2. The van der Waals surface area contributed by atoms with Gasteiger partial charge in [-0.1, -0.05) is 29.8 Å². The van der Waals surface area contributed by atoms with Crippen molar-refractivity contribution in [1.82, 2.24) is 5.43 Å². The Hall–Kier alpha value is -1.49. The van der Waals surface area contributed by atoms with E-state index in [1.165, 1.54) is 24.3 Å². The lowest BCUT2D eigenvalue weighted by Gasteiger charge is -2.18. The molecule has 5 heteroatoms. The topological polar surface area (TPSA) is 38.0 Å². The molecule has 0 aliphatic carbocycles. The van der Waals surface area contributed by atoms with Crippen molar-refractivity contribution in [3.05, 3.63) is 70.2 Å². The van der Waals surface area contributed by atoms with Gasteiger partial charge < -0.3 is 0 Å². The third kappa shape index (κ3) is 3.29. The summed E-state index contributed by atoms with van der Waals surface area (Å²) in [5, 5.41) is 0.291. The lowest BCUT2D eigenvalue weighted by Crippen LogP contribution is -2.30. The van der Waals surface area contributed by atoms with E-state index in [1.54, 1.807) is 18.2 Å². The second-order valence-corrected chi connectivity index (χ2v) is 4.60. The molecular formula is C14H13ClF2N2. The second kappa shape index (κ2) is 6.10. The maximum absolute atomic E-state index is 13.8. The minimum atomic E-state index is -0.518. The van der Waals surface area contributed by atoms with Crippen molar-refractivity contribution in [3.8, 4) is 0 Å². The van der Waals surface area contributed by atoms with Crippen LogP contribution in [-0.2, 0) is 6.42 Å². The smallest absolute Gasteiger partial charge is 0.129 e. The zero-order valence-corrected chi connectivity index (χ0v) is 10.8. The van der Waals surface area contributed by atoms with Crippen molar-refractivity contribution in [2.45, 2.75) is 12.5 Å². The molecule has 0 aromatic heterocycles. The molecule has 0 aliphatic rings. The Bertz CT molecular complexity index is 555. The maximum atomic E-state index is 13.8. The molecule has 0 bridgehead atoms. The van der Waals surface area contributed by atoms with Crippen molar-refractivity contribution in [2.75, 3.05) is 0 Å². The van der Waals surface area contributed by atoms with E-state index in [2.05, 4.69) is 5.43 Å². The van der Waals surface area contributed by atoms with Crippen LogP contribution < -0.4 is 11.3 Å². The molecular weight excluding hydrogens is 270 g/mol. The average Bonchev–Trinajstić information content (AvgIpc) is 2.37. The van der Waals surface area contributed by atoms with Gasteiger partial charge in [0, 0.05) is 10.6 Å². The zero-order valence-electron chi connectivity index (χ0n) is 10.0. The minimum Gasteiger partial charge on any atom is -0.271 e. The monoisotopic (exact) mass is 282 g/mol. The van der Waals surface area contributed by atoms with Gasteiger partial charge in [-0.05, 0) is 36.2 Å². The number of nitrogens with two attached hydrogens (primary N) is 1. The molecule has 0 amide bonds. The summed E-state index contributed by atoms with van der Waals surface area (Å²) in [7, 11) is 0. The first-order valence-electron chi connectivity index (χ1n) is 5.76. The largest absolute Gasteiger partial charge is 0.271 e. The molecule has 3 N–H and O–H groups in total. The average molecular weight is 283 g/mol. The molecule has 1 unspecified atom stereocenters. The van der Waals surface area contributed by atoms with E-state index in [9.17, 15) is 8.78 Å². The number of rotatable bonds is 4. The van der Waals surface area contributed by atoms with E-state index < -0.39 is 11.9 Å². The predicted molar refractivity (Wildman–Crippen MR) is 71.6 cm³/mol. The molecule has 2 aromatic carbocycles. The van der Waals surface area contributed by atoms with Crippen molar-refractivity contribution >= 4 is 11.6 Å². The van der Waals surface area contributed by atoms with Gasteiger partial charge in [-0.3, -0.25) is 11.3 Å². The summed E-state index contributed by atoms with van der Waals surface area (Å²) in [4.78, 5) is 0. The summed E-state index contributed by atoms with van der Waals surface area (Å²) in [5.41, 5.74) is 3.52. The molecule has 0 saturated carbocycles. The molecule has 0 saturated heterocycles. The van der Waals surface area contributed by atoms with Gasteiger partial charge in [0.2, 0.25) is 0 Å². The van der Waals surface area contributed by atoms with Crippen LogP contribution in [0.15, 0.2) is 42.5 Å². The fraction of sp³-hybridized carbons (Fsp3) is 0.143. The number of hydrazine groups is 1. The fourth-order valence-electron chi connectivity index (χ4n) is 1.99. The summed E-state index contributed by atoms with van der Waals surface area (Å²) >= 11 is 5.99. The third-order valence-electron chi connectivity index (χ3n) is 2.88. The molecule has 1 atom stereocenters. The summed E-state index contributed by atoms with van der Waals surface area (Å²) in [6, 6.07) is 10.0. The van der Waals surface area contributed by atoms with Gasteiger partial charge >= 0.3 is 0 Å². The van der Waals surface area contributed by atoms with Crippen molar-refractivity contribution in [1.29, 1.82) is 0 Å². The molecule has 19 heavy (non-hydrogen) atoms. The van der Waals surface area contributed by atoms with Crippen LogP contribution in [-0.4, -0.2) is 0 Å². The quantitative estimate of drug-likeness (QED) is 0.666. The molecule has 0 aliphatic heterocycles. The van der Waals surface area contributed by atoms with Crippen LogP contribution in [0.3, 0.4) is 0 Å². The predicted octanol–water partition coefficient (Wildman–Crippen LogP) is 3.37. The second-order valence-electron chi connectivity index (χ2n) is 4.19. The van der Waals surface area contributed by atoms with Crippen LogP contribution in [0.2, 0.25) is 5.02 Å². The Morgan fingerprint density at radius 1 is 1.16 bits per heavy atom. The van der Waals surface area contributed by atoms with E-state index in [0.717, 1.165) is 0 Å². The van der Waals surface area contributed by atoms with Gasteiger partial charge in [0.15, 0.2) is 0 Å². The SMILES string of the molecule is NNC(Cc1cccc(F)c1)c1c(F)cccc1Cl. The standard InChI is InChI=1S/C14H13ClF2N2/c15-11-5-2-6-12(17)14(11)13(19-18)8-9-3-1-4-10(16)7-9/h1-7,13,19H,8,18H2. The number of hydrogen-bond acceptors (Lipinski definition) is 2. The van der Waals surface area contributed by atoms with Gasteiger partial charge in [0.25, 0.3) is 0 Å². The van der Waals surface area contributed by atoms with Gasteiger partial charge in [-0.25, -0.2) is 8.78 Å². The first kappa shape index (κ1) is 13.9. The number of nitrogens with one attached hydrogen (secondary N) is 1. The Balaban J connectivity index is 2.30. The summed E-state index contributed by atoms with van der Waals surface area (Å²) in [6.07, 6.45) is 0.342. The normalized spacial score (nSPS) is 12.4. The van der Waals surface area contributed by atoms with E-state index in [0.29, 0.717) is 17.0 Å². The Labute approximate surface area is 115 Å². The molecule has 2 aromatic rings. The lowest BCUT2D eigenvalue weighted by molar-refractivity contribution is 0.509. The van der Waals surface area contributed by atoms with Crippen LogP contribution in [0.25, 0.3) is 0 Å². The molecule has 0 radical (unpaired) electrons. The highest BCUT2D eigenvalue weighted by Gasteiger charge is 2.18. The van der Waals surface area contributed by atoms with Crippen LogP contribution in [0.4, 0.5) is 8.78 Å². The Morgan fingerprint density at radius 3 is 2.53 bits per heavy atom. The third-order valence-corrected chi connectivity index (χ3v) is 3.21. The van der Waals surface area contributed by atoms with E-state index in [1.807, 2.05) is 0 Å². The maximum Gasteiger partial charge on any atom is 0.129 e. The number of benzene rings is 2.